The molecule has 0 aromatic rings. The number of rotatable bonds is 12. The lowest BCUT2D eigenvalue weighted by Crippen LogP contribution is -2.36. The van der Waals surface area contributed by atoms with Crippen LogP contribution in [-0.2, 0) is 46.2 Å². The molecule has 5 radical (unpaired) electrons. The van der Waals surface area contributed by atoms with Crippen molar-refractivity contribution in [2.75, 3.05) is 13.2 Å². The first-order valence-electron chi connectivity index (χ1n) is 11.1. The maximum Gasteiger partial charge on any atom is 0.343 e. The van der Waals surface area contributed by atoms with Gasteiger partial charge < -0.3 is 42.1 Å². The van der Waals surface area contributed by atoms with Gasteiger partial charge in [0.1, 0.15) is 20.1 Å². The van der Waals surface area contributed by atoms with Gasteiger partial charge in [-0.15, -0.1) is 0 Å². The molecule has 0 aliphatic carbocycles. The molecule has 0 aromatic carbocycles. The summed E-state index contributed by atoms with van der Waals surface area (Å²) in [6.07, 6.45) is -5.34. The highest BCUT2D eigenvalue weighted by atomic mass is 31.2. The van der Waals surface area contributed by atoms with Crippen LogP contribution in [0, 0.1) is 5.41 Å². The first kappa shape index (κ1) is 31.0. The second kappa shape index (κ2) is 12.6. The summed E-state index contributed by atoms with van der Waals surface area (Å²) in [5, 5.41) is 0. The number of phosphoric acid groups is 2. The van der Waals surface area contributed by atoms with E-state index in [4.69, 9.17) is 43.4 Å². The molecule has 2 rings (SSSR count). The van der Waals surface area contributed by atoms with Gasteiger partial charge in [0, 0.05) is 19.7 Å². The van der Waals surface area contributed by atoms with Crippen molar-refractivity contribution in [2.45, 2.75) is 90.0 Å². The summed E-state index contributed by atoms with van der Waals surface area (Å²) in [7, 11) is 2.26. The third-order valence-corrected chi connectivity index (χ3v) is 6.69. The van der Waals surface area contributed by atoms with E-state index in [1.54, 1.807) is 34.6 Å². The van der Waals surface area contributed by atoms with Crippen molar-refractivity contribution in [3.63, 3.8) is 0 Å². The van der Waals surface area contributed by atoms with Crippen molar-refractivity contribution in [1.29, 1.82) is 0 Å². The molecule has 0 amide bonds. The van der Waals surface area contributed by atoms with Crippen LogP contribution >= 0.6 is 15.6 Å². The van der Waals surface area contributed by atoms with Crippen LogP contribution in [0.1, 0.15) is 47.5 Å². The van der Waals surface area contributed by atoms with E-state index >= 15 is 0 Å². The van der Waals surface area contributed by atoms with Crippen molar-refractivity contribution in [2.24, 2.45) is 5.41 Å². The van der Waals surface area contributed by atoms with Gasteiger partial charge in [0.05, 0.1) is 32.6 Å². The number of carbonyl (C=O) groups is 1. The molecule has 195 valence electrons. The number of hydrogen-bond acceptors (Lipinski definition) is 12. The van der Waals surface area contributed by atoms with Gasteiger partial charge in [-0.05, 0) is 32.1 Å². The molecule has 0 spiro atoms. The predicted molar refractivity (Wildman–Crippen MR) is 121 cm³/mol. The van der Waals surface area contributed by atoms with E-state index in [1.165, 1.54) is 7.17 Å². The predicted octanol–water partition coefficient (Wildman–Crippen LogP) is -0.0893. The summed E-state index contributed by atoms with van der Waals surface area (Å²) in [6.45, 7) is 8.65. The van der Waals surface area contributed by atoms with Crippen LogP contribution < -0.4 is 9.79 Å². The van der Waals surface area contributed by atoms with E-state index in [-0.39, 0.29) is 32.2 Å². The Balaban J connectivity index is 2.01. The molecule has 2 fully saturated rings. The smallest absolute Gasteiger partial charge is 0.343 e. The summed E-state index contributed by atoms with van der Waals surface area (Å²) in [4.78, 5) is 37.2. The largest absolute Gasteiger partial charge is 0.756 e. The van der Waals surface area contributed by atoms with E-state index < -0.39 is 63.5 Å². The summed E-state index contributed by atoms with van der Waals surface area (Å²) < 4.78 is 60.2. The highest BCUT2D eigenvalue weighted by Crippen LogP contribution is 2.47. The van der Waals surface area contributed by atoms with Crippen molar-refractivity contribution in [1.82, 2.24) is 0 Å². The minimum Gasteiger partial charge on any atom is -0.756 e. The summed E-state index contributed by atoms with van der Waals surface area (Å²) >= 11 is 0. The van der Waals surface area contributed by atoms with Crippen LogP contribution in [0.4, 0.5) is 0 Å². The molecule has 12 nitrogen and oxygen atoms in total. The molecule has 4 unspecified atom stereocenters. The molecule has 0 saturated carbocycles. The van der Waals surface area contributed by atoms with Crippen LogP contribution in [0.3, 0.4) is 0 Å². The average Bonchev–Trinajstić information content (AvgIpc) is 3.25. The zero-order valence-corrected chi connectivity index (χ0v) is 22.2. The van der Waals surface area contributed by atoms with Gasteiger partial charge in [-0.2, -0.15) is 0 Å². The summed E-state index contributed by atoms with van der Waals surface area (Å²) in [5.41, 5.74) is -0.487. The Bertz CT molecular complexity index is 810. The van der Waals surface area contributed by atoms with E-state index in [0.29, 0.717) is 0 Å². The fourth-order valence-electron chi connectivity index (χ4n) is 3.23. The van der Waals surface area contributed by atoms with E-state index in [1.807, 2.05) is 0 Å². The number of hydrogen-bond donors (Lipinski definition) is 0. The molecular formula is C18H30B3O12P2-2. The van der Waals surface area contributed by atoms with Gasteiger partial charge in [0.25, 0.3) is 7.82 Å². The molecular weight excluding hydrogens is 503 g/mol. The Morgan fingerprint density at radius 3 is 2.31 bits per heavy atom. The van der Waals surface area contributed by atoms with Gasteiger partial charge in [-0.3, -0.25) is 9.13 Å². The molecule has 2 aliphatic rings. The van der Waals surface area contributed by atoms with Gasteiger partial charge in [-0.25, -0.2) is 4.79 Å². The van der Waals surface area contributed by atoms with Gasteiger partial charge in [0.2, 0.25) is 0 Å². The quantitative estimate of drug-likeness (QED) is 0.243. The Morgan fingerprint density at radius 2 is 1.74 bits per heavy atom. The Hall–Kier alpha value is -0.195. The van der Waals surface area contributed by atoms with Crippen LogP contribution in [0.5, 0.6) is 0 Å². The average molecular weight is 533 g/mol. The molecule has 0 bridgehead atoms. The SMILES string of the molecule is [B][B][C@H]1CC(OP(=O)([O-])OC(=O)[C@H]2O[C@@H]([B])CC2OP(=O)([O-])OCC(C)(C)C)[C@@H](COC(C)C)O1. The third-order valence-electron chi connectivity index (χ3n) is 4.78. The van der Waals surface area contributed by atoms with E-state index in [0.717, 1.165) is 0 Å². The minimum atomic E-state index is -5.25. The van der Waals surface area contributed by atoms with E-state index in [2.05, 4.69) is 4.52 Å². The lowest BCUT2D eigenvalue weighted by Gasteiger charge is -2.31. The van der Waals surface area contributed by atoms with Crippen molar-refractivity contribution in [3.05, 3.63) is 0 Å². The zero-order valence-electron chi connectivity index (χ0n) is 20.4. The minimum absolute atomic E-state index is 0.0183. The van der Waals surface area contributed by atoms with Crippen molar-refractivity contribution >= 4 is 44.4 Å². The second-order valence-corrected chi connectivity index (χ2v) is 12.4. The van der Waals surface area contributed by atoms with Crippen LogP contribution in [0.2, 0.25) is 0 Å². The maximum atomic E-state index is 12.6. The first-order chi connectivity index (χ1) is 16.0. The molecule has 0 N–H and O–H groups in total. The molecule has 35 heavy (non-hydrogen) atoms. The van der Waals surface area contributed by atoms with Gasteiger partial charge in [-0.1, -0.05) is 20.8 Å². The molecule has 0 aromatic heterocycles. The highest BCUT2D eigenvalue weighted by Gasteiger charge is 2.44. The number of ether oxygens (including phenoxy) is 3. The normalized spacial score (nSPS) is 32.8. The van der Waals surface area contributed by atoms with Crippen LogP contribution in [0.25, 0.3) is 0 Å². The lowest BCUT2D eigenvalue weighted by molar-refractivity contribution is -0.235. The fourth-order valence-corrected chi connectivity index (χ4v) is 5.28. The topological polar surface area (TPSA) is 162 Å². The van der Waals surface area contributed by atoms with Crippen LogP contribution in [-0.4, -0.2) is 84.5 Å². The zero-order chi connectivity index (χ0) is 26.6. The molecule has 17 heteroatoms. The van der Waals surface area contributed by atoms with Crippen LogP contribution in [0.15, 0.2) is 0 Å². The Labute approximate surface area is 209 Å². The molecule has 8 atom stereocenters. The molecule has 2 saturated heterocycles. The second-order valence-electron chi connectivity index (χ2n) is 9.78. The van der Waals surface area contributed by atoms with Gasteiger partial charge >= 0.3 is 13.8 Å². The van der Waals surface area contributed by atoms with Gasteiger partial charge in [0.15, 0.2) is 6.10 Å². The summed E-state index contributed by atoms with van der Waals surface area (Å²) in [5.74, 6) is -1.45. The maximum absolute atomic E-state index is 12.6. The Kier molecular flexibility index (Phi) is 11.1. The monoisotopic (exact) mass is 533 g/mol. The third kappa shape index (κ3) is 10.6. The highest BCUT2D eigenvalue weighted by molar-refractivity contribution is 7.46. The lowest BCUT2D eigenvalue weighted by atomic mass is 9.51. The standard InChI is InChI=1S/C18H32B3O12P2/c1-10(2)27-8-13-11(7-15(21-20)29-13)31-35(25,26)33-17(22)16-12(6-14(19)30-16)32-34(23,24)28-9-18(3,4)5/h10-16H,6-9H2,1-5H3,(H,23,24)(H,25,26)/p-2/t11?,12?,13-,14-,15-,16+/m1/s1. The first-order valence-corrected chi connectivity index (χ1v) is 14.0. The van der Waals surface area contributed by atoms with Crippen molar-refractivity contribution < 1.29 is 56.0 Å². The number of carbonyl (C=O) groups excluding carboxylic acids is 1. The Morgan fingerprint density at radius 1 is 1.11 bits per heavy atom. The van der Waals surface area contributed by atoms with E-state index in [9.17, 15) is 23.7 Å². The molecule has 2 aliphatic heterocycles. The molecule has 2 heterocycles. The summed E-state index contributed by atoms with van der Waals surface area (Å²) in [6, 6.07) is -1.70. The van der Waals surface area contributed by atoms with Crippen molar-refractivity contribution in [3.8, 4) is 0 Å². The number of phosphoric ester groups is 2. The fraction of sp³-hybridized carbons (Fsp3) is 0.944.